The first-order valence-corrected chi connectivity index (χ1v) is 6.03. The van der Waals surface area contributed by atoms with Crippen molar-refractivity contribution in [1.29, 1.82) is 5.26 Å². The normalized spacial score (nSPS) is 25.5. The van der Waals surface area contributed by atoms with Gasteiger partial charge in [0, 0.05) is 13.1 Å². The van der Waals surface area contributed by atoms with Crippen molar-refractivity contribution in [2.45, 2.75) is 31.9 Å². The van der Waals surface area contributed by atoms with Gasteiger partial charge in [0.25, 0.3) is 0 Å². The van der Waals surface area contributed by atoms with Crippen molar-refractivity contribution in [2.24, 2.45) is 0 Å². The van der Waals surface area contributed by atoms with Crippen LogP contribution < -0.4 is 0 Å². The second-order valence-electron chi connectivity index (χ2n) is 5.12. The van der Waals surface area contributed by atoms with Gasteiger partial charge in [0.05, 0.1) is 17.2 Å². The van der Waals surface area contributed by atoms with Crippen molar-refractivity contribution in [3.05, 3.63) is 35.4 Å². The summed E-state index contributed by atoms with van der Waals surface area (Å²) in [5.41, 5.74) is 1.34. The Hall–Kier alpha value is -1.37. The Bertz CT molecular complexity index is 417. The minimum atomic E-state index is -0.551. The lowest BCUT2D eigenvalue weighted by molar-refractivity contribution is -0.0181. The zero-order valence-corrected chi connectivity index (χ0v) is 10.2. The molecule has 1 heterocycles. The quantitative estimate of drug-likeness (QED) is 0.844. The Kier molecular flexibility index (Phi) is 3.46. The maximum atomic E-state index is 10.0. The third-order valence-electron chi connectivity index (χ3n) is 3.24. The molecule has 0 radical (unpaired) electrons. The number of hydrogen-bond donors (Lipinski definition) is 1. The Labute approximate surface area is 102 Å². The number of aliphatic hydroxyl groups is 1. The molecule has 1 aromatic carbocycles. The Balaban J connectivity index is 1.98. The van der Waals surface area contributed by atoms with Crippen LogP contribution in [0.3, 0.4) is 0 Å². The van der Waals surface area contributed by atoms with E-state index >= 15 is 0 Å². The van der Waals surface area contributed by atoms with Crippen LogP contribution >= 0.6 is 0 Å². The lowest BCUT2D eigenvalue weighted by Crippen LogP contribution is -2.45. The number of nitriles is 1. The summed E-state index contributed by atoms with van der Waals surface area (Å²) in [6, 6.07) is 9.78. The van der Waals surface area contributed by atoms with E-state index in [4.69, 9.17) is 5.26 Å². The van der Waals surface area contributed by atoms with Crippen LogP contribution in [0.5, 0.6) is 0 Å². The second-order valence-corrected chi connectivity index (χ2v) is 5.12. The fourth-order valence-corrected chi connectivity index (χ4v) is 2.40. The zero-order valence-electron chi connectivity index (χ0n) is 10.2. The molecular formula is C14H18N2O. The molecule has 1 N–H and O–H groups in total. The Morgan fingerprint density at radius 3 is 2.71 bits per heavy atom. The summed E-state index contributed by atoms with van der Waals surface area (Å²) in [6.45, 7) is 4.52. The summed E-state index contributed by atoms with van der Waals surface area (Å²) in [5.74, 6) is 0. The van der Waals surface area contributed by atoms with E-state index in [1.807, 2.05) is 31.2 Å². The van der Waals surface area contributed by atoms with Gasteiger partial charge in [-0.15, -0.1) is 0 Å². The third kappa shape index (κ3) is 3.29. The van der Waals surface area contributed by atoms with Crippen LogP contribution in [0.1, 0.15) is 30.9 Å². The molecule has 2 rings (SSSR count). The maximum Gasteiger partial charge on any atom is 0.0991 e. The molecule has 1 aromatic rings. The zero-order chi connectivity index (χ0) is 12.3. The highest BCUT2D eigenvalue weighted by Crippen LogP contribution is 2.21. The molecule has 0 aromatic heterocycles. The number of rotatable bonds is 2. The standard InChI is InChI=1S/C14H18N2O/c1-14(17)7-2-8-16(11-14)10-13-5-3-12(9-15)4-6-13/h3-6,17H,2,7-8,10-11H2,1H3. The molecule has 0 aliphatic carbocycles. The molecule has 1 aliphatic rings. The van der Waals surface area contributed by atoms with Crippen LogP contribution in [-0.2, 0) is 6.54 Å². The van der Waals surface area contributed by atoms with Gasteiger partial charge in [-0.1, -0.05) is 12.1 Å². The van der Waals surface area contributed by atoms with Crippen molar-refractivity contribution in [1.82, 2.24) is 4.90 Å². The Morgan fingerprint density at radius 1 is 1.41 bits per heavy atom. The van der Waals surface area contributed by atoms with Crippen LogP contribution in [-0.4, -0.2) is 28.7 Å². The number of β-amino-alcohol motifs (C(OH)–C–C–N with tert-alkyl or cyclic N) is 1. The molecule has 0 amide bonds. The largest absolute Gasteiger partial charge is 0.389 e. The monoisotopic (exact) mass is 230 g/mol. The van der Waals surface area contributed by atoms with E-state index in [0.29, 0.717) is 5.56 Å². The number of piperidine rings is 1. The fraction of sp³-hybridized carbons (Fsp3) is 0.500. The number of benzene rings is 1. The van der Waals surface area contributed by atoms with Gasteiger partial charge in [0.2, 0.25) is 0 Å². The van der Waals surface area contributed by atoms with Crippen LogP contribution in [0.4, 0.5) is 0 Å². The predicted molar refractivity (Wildman–Crippen MR) is 66.3 cm³/mol. The van der Waals surface area contributed by atoms with Gasteiger partial charge in [-0.3, -0.25) is 4.90 Å². The van der Waals surface area contributed by atoms with Gasteiger partial charge >= 0.3 is 0 Å². The second kappa shape index (κ2) is 4.87. The summed E-state index contributed by atoms with van der Waals surface area (Å²) in [7, 11) is 0. The third-order valence-corrected chi connectivity index (χ3v) is 3.24. The molecule has 3 nitrogen and oxygen atoms in total. The van der Waals surface area contributed by atoms with Gasteiger partial charge in [0.15, 0.2) is 0 Å². The van der Waals surface area contributed by atoms with Crippen LogP contribution in [0.2, 0.25) is 0 Å². The molecule has 0 bridgehead atoms. The van der Waals surface area contributed by atoms with Crippen LogP contribution in [0.25, 0.3) is 0 Å². The number of likely N-dealkylation sites (tertiary alicyclic amines) is 1. The van der Waals surface area contributed by atoms with E-state index in [-0.39, 0.29) is 0 Å². The first-order valence-electron chi connectivity index (χ1n) is 6.03. The minimum absolute atomic E-state index is 0.551. The van der Waals surface area contributed by atoms with Crippen LogP contribution in [0, 0.1) is 11.3 Å². The summed E-state index contributed by atoms with van der Waals surface area (Å²) in [5, 5.41) is 18.7. The SMILES string of the molecule is CC1(O)CCCN(Cc2ccc(C#N)cc2)C1. The molecule has 1 fully saturated rings. The molecule has 1 aliphatic heterocycles. The average Bonchev–Trinajstić information content (AvgIpc) is 2.29. The maximum absolute atomic E-state index is 10.0. The molecule has 90 valence electrons. The van der Waals surface area contributed by atoms with Gasteiger partial charge in [-0.2, -0.15) is 5.26 Å². The van der Waals surface area contributed by atoms with E-state index in [1.165, 1.54) is 5.56 Å². The van der Waals surface area contributed by atoms with Crippen molar-refractivity contribution < 1.29 is 5.11 Å². The van der Waals surface area contributed by atoms with Gasteiger partial charge < -0.3 is 5.11 Å². The van der Waals surface area contributed by atoms with Crippen molar-refractivity contribution >= 4 is 0 Å². The summed E-state index contributed by atoms with van der Waals surface area (Å²) >= 11 is 0. The average molecular weight is 230 g/mol. The molecule has 3 heteroatoms. The highest BCUT2D eigenvalue weighted by molar-refractivity contribution is 5.31. The van der Waals surface area contributed by atoms with Gasteiger partial charge in [0.1, 0.15) is 0 Å². The molecule has 1 unspecified atom stereocenters. The molecule has 1 atom stereocenters. The lowest BCUT2D eigenvalue weighted by atomic mass is 9.95. The van der Waals surface area contributed by atoms with E-state index < -0.39 is 5.60 Å². The molecule has 0 spiro atoms. The van der Waals surface area contributed by atoms with Crippen molar-refractivity contribution in [3.8, 4) is 6.07 Å². The fourth-order valence-electron chi connectivity index (χ4n) is 2.40. The Morgan fingerprint density at radius 2 is 2.12 bits per heavy atom. The van der Waals surface area contributed by atoms with Crippen molar-refractivity contribution in [3.63, 3.8) is 0 Å². The van der Waals surface area contributed by atoms with E-state index in [0.717, 1.165) is 32.5 Å². The van der Waals surface area contributed by atoms with E-state index in [2.05, 4.69) is 11.0 Å². The highest BCUT2D eigenvalue weighted by Gasteiger charge is 2.27. The number of hydrogen-bond acceptors (Lipinski definition) is 3. The smallest absolute Gasteiger partial charge is 0.0991 e. The molecule has 17 heavy (non-hydrogen) atoms. The van der Waals surface area contributed by atoms with Crippen LogP contribution in [0.15, 0.2) is 24.3 Å². The first-order chi connectivity index (χ1) is 8.09. The topological polar surface area (TPSA) is 47.3 Å². The summed E-state index contributed by atoms with van der Waals surface area (Å²) in [6.07, 6.45) is 1.93. The molecular weight excluding hydrogens is 212 g/mol. The molecule has 1 saturated heterocycles. The minimum Gasteiger partial charge on any atom is -0.389 e. The summed E-state index contributed by atoms with van der Waals surface area (Å²) in [4.78, 5) is 2.27. The summed E-state index contributed by atoms with van der Waals surface area (Å²) < 4.78 is 0. The first kappa shape index (κ1) is 12.1. The van der Waals surface area contributed by atoms with E-state index in [9.17, 15) is 5.11 Å². The van der Waals surface area contributed by atoms with E-state index in [1.54, 1.807) is 0 Å². The van der Waals surface area contributed by atoms with Gasteiger partial charge in [-0.25, -0.2) is 0 Å². The van der Waals surface area contributed by atoms with Crippen molar-refractivity contribution in [2.75, 3.05) is 13.1 Å². The predicted octanol–water partition coefficient (Wildman–Crippen LogP) is 1.91. The number of nitrogens with zero attached hydrogens (tertiary/aromatic N) is 2. The highest BCUT2D eigenvalue weighted by atomic mass is 16.3. The molecule has 0 saturated carbocycles. The van der Waals surface area contributed by atoms with Gasteiger partial charge in [-0.05, 0) is 44.0 Å². The lowest BCUT2D eigenvalue weighted by Gasteiger charge is -2.36.